The third kappa shape index (κ3) is 3.54. The summed E-state index contributed by atoms with van der Waals surface area (Å²) in [6, 6.07) is 1.81. The molecule has 1 heterocycles. The molecule has 1 N–H and O–H groups in total. The van der Waals surface area contributed by atoms with Crippen molar-refractivity contribution in [2.24, 2.45) is 0 Å². The average Bonchev–Trinajstić information content (AvgIpc) is 2.19. The molecular weight excluding hydrogens is 256 g/mol. The van der Waals surface area contributed by atoms with E-state index in [4.69, 9.17) is 6.42 Å². The lowest BCUT2D eigenvalue weighted by Crippen LogP contribution is -2.28. The SMILES string of the molecule is C#CCNCCn1cc(Br)cc(C)c1=O. The highest BCUT2D eigenvalue weighted by Crippen LogP contribution is 2.07. The maximum Gasteiger partial charge on any atom is 0.253 e. The lowest BCUT2D eigenvalue weighted by Gasteiger charge is -2.07. The maximum absolute atomic E-state index is 11.7. The van der Waals surface area contributed by atoms with Crippen molar-refractivity contribution in [2.45, 2.75) is 13.5 Å². The molecule has 15 heavy (non-hydrogen) atoms. The Balaban J connectivity index is 2.69. The van der Waals surface area contributed by atoms with E-state index in [0.29, 0.717) is 19.6 Å². The Hall–Kier alpha value is -1.05. The first-order valence-electron chi connectivity index (χ1n) is 4.66. The third-order valence-electron chi connectivity index (χ3n) is 1.99. The van der Waals surface area contributed by atoms with Crippen LogP contribution in [0.15, 0.2) is 21.5 Å². The quantitative estimate of drug-likeness (QED) is 0.657. The van der Waals surface area contributed by atoms with Crippen LogP contribution < -0.4 is 10.9 Å². The fraction of sp³-hybridized carbons (Fsp3) is 0.364. The van der Waals surface area contributed by atoms with Crippen LogP contribution in [0, 0.1) is 19.3 Å². The maximum atomic E-state index is 11.7. The van der Waals surface area contributed by atoms with Gasteiger partial charge in [-0.2, -0.15) is 0 Å². The Bertz CT molecular complexity index is 431. The summed E-state index contributed by atoms with van der Waals surface area (Å²) in [7, 11) is 0. The fourth-order valence-electron chi connectivity index (χ4n) is 1.27. The van der Waals surface area contributed by atoms with Crippen molar-refractivity contribution in [1.82, 2.24) is 9.88 Å². The molecule has 0 radical (unpaired) electrons. The van der Waals surface area contributed by atoms with Crippen molar-refractivity contribution in [3.63, 3.8) is 0 Å². The predicted molar refractivity (Wildman–Crippen MR) is 64.8 cm³/mol. The zero-order valence-electron chi connectivity index (χ0n) is 8.59. The second kappa shape index (κ2) is 5.74. The van der Waals surface area contributed by atoms with Crippen molar-refractivity contribution in [1.29, 1.82) is 0 Å². The van der Waals surface area contributed by atoms with Gasteiger partial charge in [0.05, 0.1) is 6.54 Å². The first-order chi connectivity index (χ1) is 7.15. The molecule has 0 saturated heterocycles. The van der Waals surface area contributed by atoms with Crippen LogP contribution in [0.5, 0.6) is 0 Å². The second-order valence-corrected chi connectivity index (χ2v) is 4.14. The van der Waals surface area contributed by atoms with Crippen LogP contribution >= 0.6 is 15.9 Å². The molecule has 1 aromatic heterocycles. The minimum atomic E-state index is 0.0423. The Morgan fingerprint density at radius 2 is 2.40 bits per heavy atom. The number of terminal acetylenes is 1. The minimum Gasteiger partial charge on any atom is -0.313 e. The summed E-state index contributed by atoms with van der Waals surface area (Å²) in [4.78, 5) is 11.7. The van der Waals surface area contributed by atoms with Gasteiger partial charge < -0.3 is 9.88 Å². The second-order valence-electron chi connectivity index (χ2n) is 3.22. The van der Waals surface area contributed by atoms with Gasteiger partial charge in [-0.15, -0.1) is 6.42 Å². The predicted octanol–water partition coefficient (Wildman–Crippen LogP) is 1.14. The summed E-state index contributed by atoms with van der Waals surface area (Å²) in [5.74, 6) is 2.48. The Kier molecular flexibility index (Phi) is 4.60. The van der Waals surface area contributed by atoms with Gasteiger partial charge in [-0.3, -0.25) is 4.79 Å². The largest absolute Gasteiger partial charge is 0.313 e. The van der Waals surface area contributed by atoms with Gasteiger partial charge in [0.15, 0.2) is 0 Å². The highest BCUT2D eigenvalue weighted by Gasteiger charge is 2.00. The highest BCUT2D eigenvalue weighted by molar-refractivity contribution is 9.10. The molecular formula is C11H13BrN2O. The van der Waals surface area contributed by atoms with Crippen LogP contribution in [-0.2, 0) is 6.54 Å². The summed E-state index contributed by atoms with van der Waals surface area (Å²) >= 11 is 3.36. The van der Waals surface area contributed by atoms with E-state index >= 15 is 0 Å². The molecule has 1 aromatic rings. The number of aryl methyl sites for hydroxylation is 1. The lowest BCUT2D eigenvalue weighted by atomic mass is 10.3. The van der Waals surface area contributed by atoms with Crippen LogP contribution in [0.2, 0.25) is 0 Å². The Labute approximate surface area is 97.6 Å². The summed E-state index contributed by atoms with van der Waals surface area (Å²) < 4.78 is 2.58. The van der Waals surface area contributed by atoms with E-state index in [1.165, 1.54) is 0 Å². The number of hydrogen-bond acceptors (Lipinski definition) is 2. The van der Waals surface area contributed by atoms with E-state index in [2.05, 4.69) is 27.2 Å². The monoisotopic (exact) mass is 268 g/mol. The number of halogens is 1. The van der Waals surface area contributed by atoms with E-state index in [1.807, 2.05) is 6.07 Å². The van der Waals surface area contributed by atoms with Gasteiger partial charge in [0.2, 0.25) is 0 Å². The smallest absolute Gasteiger partial charge is 0.253 e. The first-order valence-corrected chi connectivity index (χ1v) is 5.45. The van der Waals surface area contributed by atoms with Crippen LogP contribution in [0.4, 0.5) is 0 Å². The topological polar surface area (TPSA) is 34.0 Å². The number of aromatic nitrogens is 1. The third-order valence-corrected chi connectivity index (χ3v) is 2.42. The molecule has 0 aliphatic carbocycles. The number of rotatable bonds is 4. The molecule has 0 amide bonds. The fourth-order valence-corrected chi connectivity index (χ4v) is 1.86. The highest BCUT2D eigenvalue weighted by atomic mass is 79.9. The molecule has 0 aliphatic rings. The van der Waals surface area contributed by atoms with Gasteiger partial charge >= 0.3 is 0 Å². The minimum absolute atomic E-state index is 0.0423. The zero-order valence-corrected chi connectivity index (χ0v) is 10.2. The van der Waals surface area contributed by atoms with Gasteiger partial charge in [-0.1, -0.05) is 5.92 Å². The van der Waals surface area contributed by atoms with E-state index in [1.54, 1.807) is 17.7 Å². The van der Waals surface area contributed by atoms with Gasteiger partial charge in [0, 0.05) is 29.3 Å². The Morgan fingerprint density at radius 3 is 3.07 bits per heavy atom. The van der Waals surface area contributed by atoms with Crippen molar-refractivity contribution in [3.8, 4) is 12.3 Å². The average molecular weight is 269 g/mol. The number of nitrogens with zero attached hydrogens (tertiary/aromatic N) is 1. The molecule has 1 rings (SSSR count). The van der Waals surface area contributed by atoms with Crippen molar-refractivity contribution < 1.29 is 0 Å². The standard InChI is InChI=1S/C11H13BrN2O/c1-3-4-13-5-6-14-8-10(12)7-9(2)11(14)15/h1,7-8,13H,4-6H2,2H3. The van der Waals surface area contributed by atoms with E-state index in [-0.39, 0.29) is 5.56 Å². The molecule has 0 spiro atoms. The molecule has 0 unspecified atom stereocenters. The number of pyridine rings is 1. The van der Waals surface area contributed by atoms with Gasteiger partial charge in [0.1, 0.15) is 0 Å². The normalized spacial score (nSPS) is 9.93. The molecule has 0 fully saturated rings. The summed E-state index contributed by atoms with van der Waals surface area (Å²) in [5, 5.41) is 3.04. The van der Waals surface area contributed by atoms with Crippen LogP contribution in [0.25, 0.3) is 0 Å². The molecule has 4 heteroatoms. The molecule has 0 aliphatic heterocycles. The van der Waals surface area contributed by atoms with Crippen LogP contribution in [-0.4, -0.2) is 17.7 Å². The number of nitrogens with one attached hydrogen (secondary N) is 1. The molecule has 3 nitrogen and oxygen atoms in total. The summed E-state index contributed by atoms with van der Waals surface area (Å²) in [6.07, 6.45) is 6.88. The zero-order chi connectivity index (χ0) is 11.3. The first kappa shape index (κ1) is 12.0. The van der Waals surface area contributed by atoms with Gasteiger partial charge in [-0.25, -0.2) is 0 Å². The Morgan fingerprint density at radius 1 is 1.67 bits per heavy atom. The molecule has 0 atom stereocenters. The summed E-state index contributed by atoms with van der Waals surface area (Å²) in [5.41, 5.74) is 0.780. The van der Waals surface area contributed by atoms with Gasteiger partial charge in [0.25, 0.3) is 5.56 Å². The van der Waals surface area contributed by atoms with Crippen molar-refractivity contribution in [3.05, 3.63) is 32.7 Å². The molecule has 0 aromatic carbocycles. The van der Waals surface area contributed by atoms with Crippen LogP contribution in [0.1, 0.15) is 5.56 Å². The molecule has 0 saturated carbocycles. The number of hydrogen-bond donors (Lipinski definition) is 1. The van der Waals surface area contributed by atoms with E-state index in [0.717, 1.165) is 10.0 Å². The molecule has 80 valence electrons. The van der Waals surface area contributed by atoms with Gasteiger partial charge in [-0.05, 0) is 28.9 Å². The summed E-state index contributed by atoms with van der Waals surface area (Å²) in [6.45, 7) is 3.65. The van der Waals surface area contributed by atoms with E-state index in [9.17, 15) is 4.79 Å². The van der Waals surface area contributed by atoms with Crippen molar-refractivity contribution >= 4 is 15.9 Å². The van der Waals surface area contributed by atoms with Crippen molar-refractivity contribution in [2.75, 3.05) is 13.1 Å². The van der Waals surface area contributed by atoms with Crippen LogP contribution in [0.3, 0.4) is 0 Å². The lowest BCUT2D eigenvalue weighted by molar-refractivity contribution is 0.609. The molecule has 0 bridgehead atoms. The van der Waals surface area contributed by atoms with E-state index < -0.39 is 0 Å².